The lowest BCUT2D eigenvalue weighted by Crippen LogP contribution is -2.26. The van der Waals surface area contributed by atoms with Crippen molar-refractivity contribution in [2.75, 3.05) is 0 Å². The van der Waals surface area contributed by atoms with Crippen LogP contribution in [0, 0.1) is 5.82 Å². The fraction of sp³-hybridized carbons (Fsp3) is 0.500. The molecule has 1 aromatic carbocycles. The fourth-order valence-electron chi connectivity index (χ4n) is 1.58. The summed E-state index contributed by atoms with van der Waals surface area (Å²) in [6.45, 7) is 2.05. The highest BCUT2D eigenvalue weighted by molar-refractivity contribution is 9.10. The number of unbranched alkanes of at least 4 members (excludes halogenated alkanes) is 1. The van der Waals surface area contributed by atoms with E-state index in [4.69, 9.17) is 5.73 Å². The van der Waals surface area contributed by atoms with Gasteiger partial charge in [-0.1, -0.05) is 35.7 Å². The van der Waals surface area contributed by atoms with E-state index in [0.717, 1.165) is 12.8 Å². The summed E-state index contributed by atoms with van der Waals surface area (Å²) in [5.74, 6) is -0.345. The number of aliphatic hydroxyl groups excluding tert-OH is 1. The molecule has 0 saturated heterocycles. The lowest BCUT2D eigenvalue weighted by atomic mass is 9.98. The van der Waals surface area contributed by atoms with E-state index in [1.54, 1.807) is 6.07 Å². The van der Waals surface area contributed by atoms with Crippen LogP contribution in [0.25, 0.3) is 0 Å². The molecule has 0 bridgehead atoms. The first-order valence-corrected chi connectivity index (χ1v) is 6.23. The molecule has 0 unspecified atom stereocenters. The molecule has 98 valence electrons. The van der Waals surface area contributed by atoms with Gasteiger partial charge in [-0.25, -0.2) is 4.39 Å². The molecule has 0 heterocycles. The van der Waals surface area contributed by atoms with Crippen molar-refractivity contribution in [1.29, 1.82) is 0 Å². The zero-order valence-corrected chi connectivity index (χ0v) is 12.1. The van der Waals surface area contributed by atoms with Gasteiger partial charge >= 0.3 is 0 Å². The number of halogens is 3. The Labute approximate surface area is 116 Å². The summed E-state index contributed by atoms with van der Waals surface area (Å²) < 4.78 is 13.8. The average Bonchev–Trinajstić information content (AvgIpc) is 2.23. The second-order valence-electron chi connectivity index (χ2n) is 3.94. The zero-order valence-electron chi connectivity index (χ0n) is 9.70. The van der Waals surface area contributed by atoms with Crippen molar-refractivity contribution >= 4 is 28.3 Å². The van der Waals surface area contributed by atoms with E-state index >= 15 is 0 Å². The molecule has 1 rings (SSSR count). The molecule has 3 N–H and O–H groups in total. The maximum absolute atomic E-state index is 13.1. The van der Waals surface area contributed by atoms with Crippen LogP contribution < -0.4 is 5.73 Å². The molecule has 0 radical (unpaired) electrons. The number of hydrogen-bond acceptors (Lipinski definition) is 2. The van der Waals surface area contributed by atoms with Gasteiger partial charge in [0.15, 0.2) is 0 Å². The van der Waals surface area contributed by atoms with Crippen LogP contribution in [0.3, 0.4) is 0 Å². The molecule has 17 heavy (non-hydrogen) atoms. The normalized spacial score (nSPS) is 13.9. The third-order valence-corrected chi connectivity index (χ3v) is 3.00. The van der Waals surface area contributed by atoms with Crippen molar-refractivity contribution < 1.29 is 9.50 Å². The smallest absolute Gasteiger partial charge is 0.124 e. The number of hydrogen-bond donors (Lipinski definition) is 2. The molecule has 0 amide bonds. The van der Waals surface area contributed by atoms with Gasteiger partial charge in [0.25, 0.3) is 0 Å². The first-order valence-electron chi connectivity index (χ1n) is 5.44. The molecule has 0 spiro atoms. The van der Waals surface area contributed by atoms with E-state index in [1.807, 2.05) is 0 Å². The van der Waals surface area contributed by atoms with Gasteiger partial charge in [-0.15, -0.1) is 12.4 Å². The summed E-state index contributed by atoms with van der Waals surface area (Å²) in [4.78, 5) is 0. The van der Waals surface area contributed by atoms with E-state index in [2.05, 4.69) is 22.9 Å². The first kappa shape index (κ1) is 16.8. The molecular formula is C12H18BrClFNO. The van der Waals surface area contributed by atoms with E-state index in [9.17, 15) is 9.50 Å². The van der Waals surface area contributed by atoms with Gasteiger partial charge in [0.2, 0.25) is 0 Å². The molecular weight excluding hydrogens is 308 g/mol. The van der Waals surface area contributed by atoms with Crippen LogP contribution in [0.15, 0.2) is 22.7 Å². The first-order chi connectivity index (χ1) is 7.54. The molecule has 2 atom stereocenters. The Hall–Kier alpha value is -0.160. The second kappa shape index (κ2) is 8.03. The highest BCUT2D eigenvalue weighted by Crippen LogP contribution is 2.23. The molecule has 2 nitrogen and oxygen atoms in total. The van der Waals surface area contributed by atoms with Crippen LogP contribution in [-0.4, -0.2) is 11.2 Å². The van der Waals surface area contributed by atoms with Crippen molar-refractivity contribution in [2.45, 2.75) is 38.3 Å². The zero-order chi connectivity index (χ0) is 12.1. The molecule has 0 saturated carbocycles. The van der Waals surface area contributed by atoms with Crippen LogP contribution in [-0.2, 0) is 0 Å². The maximum Gasteiger partial charge on any atom is 0.124 e. The topological polar surface area (TPSA) is 46.2 Å². The molecule has 0 fully saturated rings. The predicted molar refractivity (Wildman–Crippen MR) is 73.8 cm³/mol. The molecule has 0 aromatic heterocycles. The van der Waals surface area contributed by atoms with E-state index < -0.39 is 12.1 Å². The van der Waals surface area contributed by atoms with Crippen LogP contribution >= 0.6 is 28.3 Å². The number of aliphatic hydroxyl groups is 1. The number of nitrogens with two attached hydrogens (primary N) is 1. The standard InChI is InChI=1S/C12H17BrFNO.ClH/c1-2-3-4-11(16)12(15)8-5-9(13)7-10(14)6-8;/h5-7,11-12,16H,2-4,15H2,1H3;1H/t11-,12+;/m1./s1. The van der Waals surface area contributed by atoms with E-state index in [-0.39, 0.29) is 18.2 Å². The van der Waals surface area contributed by atoms with Crippen LogP contribution in [0.1, 0.15) is 37.8 Å². The summed E-state index contributed by atoms with van der Waals surface area (Å²) in [5.41, 5.74) is 6.50. The third kappa shape index (κ3) is 5.34. The lowest BCUT2D eigenvalue weighted by molar-refractivity contribution is 0.132. The van der Waals surface area contributed by atoms with Crippen LogP contribution in [0.2, 0.25) is 0 Å². The van der Waals surface area contributed by atoms with Crippen molar-refractivity contribution in [3.8, 4) is 0 Å². The summed E-state index contributed by atoms with van der Waals surface area (Å²) >= 11 is 3.21. The summed E-state index contributed by atoms with van der Waals surface area (Å²) in [7, 11) is 0. The Kier molecular flexibility index (Phi) is 7.96. The van der Waals surface area contributed by atoms with Crippen molar-refractivity contribution in [3.63, 3.8) is 0 Å². The number of benzene rings is 1. The molecule has 0 aliphatic carbocycles. The van der Waals surface area contributed by atoms with Crippen LogP contribution in [0.5, 0.6) is 0 Å². The molecule has 0 aliphatic heterocycles. The summed E-state index contributed by atoms with van der Waals surface area (Å²) in [6.07, 6.45) is 1.96. The highest BCUT2D eigenvalue weighted by Gasteiger charge is 2.17. The van der Waals surface area contributed by atoms with Gasteiger partial charge in [-0.05, 0) is 30.2 Å². The van der Waals surface area contributed by atoms with Gasteiger partial charge in [0.05, 0.1) is 12.1 Å². The largest absolute Gasteiger partial charge is 0.391 e. The number of rotatable bonds is 5. The Morgan fingerprint density at radius 1 is 1.41 bits per heavy atom. The van der Waals surface area contributed by atoms with Crippen molar-refractivity contribution in [1.82, 2.24) is 0 Å². The van der Waals surface area contributed by atoms with Gasteiger partial charge < -0.3 is 10.8 Å². The summed E-state index contributed by atoms with van der Waals surface area (Å²) in [5, 5.41) is 9.82. The monoisotopic (exact) mass is 325 g/mol. The van der Waals surface area contributed by atoms with Crippen molar-refractivity contribution in [2.24, 2.45) is 5.73 Å². The van der Waals surface area contributed by atoms with Gasteiger partial charge in [0.1, 0.15) is 5.82 Å². The quantitative estimate of drug-likeness (QED) is 0.869. The SMILES string of the molecule is CCCC[C@@H](O)[C@@H](N)c1cc(F)cc(Br)c1.Cl. The molecule has 5 heteroatoms. The average molecular weight is 327 g/mol. The maximum atomic E-state index is 13.1. The van der Waals surface area contributed by atoms with Crippen molar-refractivity contribution in [3.05, 3.63) is 34.1 Å². The Balaban J connectivity index is 0.00000256. The highest BCUT2D eigenvalue weighted by atomic mass is 79.9. The Morgan fingerprint density at radius 2 is 2.06 bits per heavy atom. The van der Waals surface area contributed by atoms with E-state index in [1.165, 1.54) is 12.1 Å². The predicted octanol–water partition coefficient (Wildman–Crippen LogP) is 3.56. The van der Waals surface area contributed by atoms with Crippen LogP contribution in [0.4, 0.5) is 4.39 Å². The lowest BCUT2D eigenvalue weighted by Gasteiger charge is -2.19. The fourth-order valence-corrected chi connectivity index (χ4v) is 2.07. The van der Waals surface area contributed by atoms with Gasteiger partial charge in [-0.3, -0.25) is 0 Å². The second-order valence-corrected chi connectivity index (χ2v) is 4.85. The van der Waals surface area contributed by atoms with E-state index in [0.29, 0.717) is 16.5 Å². The third-order valence-electron chi connectivity index (χ3n) is 2.54. The Morgan fingerprint density at radius 3 is 2.59 bits per heavy atom. The summed E-state index contributed by atoms with van der Waals surface area (Å²) in [6, 6.07) is 3.95. The van der Waals surface area contributed by atoms with Gasteiger partial charge in [-0.2, -0.15) is 0 Å². The Bertz CT molecular complexity index is 331. The molecule has 1 aromatic rings. The van der Waals surface area contributed by atoms with Gasteiger partial charge in [0, 0.05) is 4.47 Å². The minimum Gasteiger partial charge on any atom is -0.391 e. The molecule has 0 aliphatic rings. The minimum absolute atomic E-state index is 0. The minimum atomic E-state index is -0.617.